The monoisotopic (exact) mass is 637 g/mol. The van der Waals surface area contributed by atoms with Crippen LogP contribution in [0.15, 0.2) is 54.6 Å². The van der Waals surface area contributed by atoms with Crippen molar-refractivity contribution >= 4 is 11.6 Å². The van der Waals surface area contributed by atoms with Gasteiger partial charge in [-0.3, -0.25) is 0 Å². The van der Waals surface area contributed by atoms with Gasteiger partial charge in [-0.25, -0.2) is 4.98 Å². The van der Waals surface area contributed by atoms with Crippen molar-refractivity contribution in [2.45, 2.75) is 118 Å². The van der Waals surface area contributed by atoms with E-state index in [1.165, 1.54) is 82.6 Å². The van der Waals surface area contributed by atoms with E-state index in [-0.39, 0.29) is 5.28 Å². The first kappa shape index (κ1) is 32.3. The minimum atomic E-state index is 0.238. The summed E-state index contributed by atoms with van der Waals surface area (Å²) in [5.41, 5.74) is 4.55. The minimum absolute atomic E-state index is 0.238. The number of nitrogens with zero attached hydrogens (tertiary/aromatic N) is 3. The van der Waals surface area contributed by atoms with E-state index >= 15 is 0 Å². The van der Waals surface area contributed by atoms with Gasteiger partial charge in [0.05, 0.1) is 0 Å². The third kappa shape index (κ3) is 5.97. The average molecular weight is 638 g/mol. The Morgan fingerprint density at radius 1 is 0.717 bits per heavy atom. The average Bonchev–Trinajstić information content (AvgIpc) is 3.42. The molecular formula is C42H56ClN3. The molecular weight excluding hydrogens is 582 g/mol. The SMILES string of the molecule is CC(C)CCCC(C)[C@H]1CC[C@H]2[C@@H]3CC[C@H]4CC(c5ccc(-c6nc(Cl)nc(-c7ccccc7)n6)cc5)CC[C@]4(C)[C@H]3CC[C@]12C. The molecule has 46 heavy (non-hydrogen) atoms. The third-order valence-electron chi connectivity index (χ3n) is 14.1. The zero-order valence-corrected chi connectivity index (χ0v) is 29.8. The summed E-state index contributed by atoms with van der Waals surface area (Å²) in [6.07, 6.45) is 17.2. The number of halogens is 1. The Labute approximate surface area is 283 Å². The molecule has 2 unspecified atom stereocenters. The second kappa shape index (κ2) is 13.0. The fourth-order valence-electron chi connectivity index (χ4n) is 11.7. The number of hydrogen-bond acceptors (Lipinski definition) is 3. The second-order valence-electron chi connectivity index (χ2n) is 16.9. The molecule has 7 rings (SSSR count). The van der Waals surface area contributed by atoms with Crippen LogP contribution in [0.1, 0.15) is 123 Å². The summed E-state index contributed by atoms with van der Waals surface area (Å²) in [6.45, 7) is 12.9. The number of benzene rings is 2. The van der Waals surface area contributed by atoms with Gasteiger partial charge in [0.15, 0.2) is 11.6 Å². The number of aromatic nitrogens is 3. The molecule has 0 saturated heterocycles. The Kier molecular flexibility index (Phi) is 9.11. The first-order valence-electron chi connectivity index (χ1n) is 18.7. The molecule has 3 nitrogen and oxygen atoms in total. The molecule has 1 aromatic heterocycles. The summed E-state index contributed by atoms with van der Waals surface area (Å²) in [6, 6.07) is 19.1. The van der Waals surface area contributed by atoms with Crippen LogP contribution in [-0.2, 0) is 0 Å². The highest BCUT2D eigenvalue weighted by molar-refractivity contribution is 6.28. The van der Waals surface area contributed by atoms with Gasteiger partial charge in [0.25, 0.3) is 0 Å². The predicted octanol–water partition coefficient (Wildman–Crippen LogP) is 12.1. The van der Waals surface area contributed by atoms with E-state index in [1.807, 2.05) is 30.3 Å². The maximum Gasteiger partial charge on any atom is 0.226 e. The van der Waals surface area contributed by atoms with Crippen molar-refractivity contribution in [2.75, 3.05) is 0 Å². The molecule has 4 aliphatic rings. The molecule has 0 aliphatic heterocycles. The summed E-state index contributed by atoms with van der Waals surface area (Å²) >= 11 is 6.35. The van der Waals surface area contributed by atoms with Crippen molar-refractivity contribution in [1.29, 1.82) is 0 Å². The van der Waals surface area contributed by atoms with E-state index in [2.05, 4.69) is 68.9 Å². The molecule has 4 fully saturated rings. The Morgan fingerprint density at radius 3 is 2.11 bits per heavy atom. The van der Waals surface area contributed by atoms with E-state index in [0.717, 1.165) is 52.6 Å². The van der Waals surface area contributed by atoms with E-state index < -0.39 is 0 Å². The fraction of sp³-hybridized carbons (Fsp3) is 0.643. The third-order valence-corrected chi connectivity index (χ3v) is 14.3. The Hall–Kier alpha value is -2.26. The van der Waals surface area contributed by atoms with Crippen molar-refractivity contribution < 1.29 is 0 Å². The normalized spacial score (nSPS) is 34.5. The lowest BCUT2D eigenvalue weighted by molar-refractivity contribution is -0.117. The second-order valence-corrected chi connectivity index (χ2v) is 17.2. The van der Waals surface area contributed by atoms with Gasteiger partial charge in [-0.05, 0) is 133 Å². The highest BCUT2D eigenvalue weighted by Crippen LogP contribution is 2.69. The molecule has 0 N–H and O–H groups in total. The van der Waals surface area contributed by atoms with Gasteiger partial charge in [0, 0.05) is 11.1 Å². The highest BCUT2D eigenvalue weighted by Gasteiger charge is 2.60. The van der Waals surface area contributed by atoms with E-state index in [9.17, 15) is 0 Å². The standard InChI is InChI=1S/C42H56ClN3/c1-27(2)10-9-11-28(3)35-20-21-36-34-19-18-33-26-32(22-24-41(33,4)37(34)23-25-42(35,36)5)29-14-16-31(17-15-29)39-44-38(45-40(43)46-39)30-12-7-6-8-13-30/h6-8,12-17,27-28,32-37H,9-11,18-26H2,1-5H3/t28?,32?,33-,34-,35+,36-,37-,41-,42+/m0/s1. The summed E-state index contributed by atoms with van der Waals surface area (Å²) in [7, 11) is 0. The molecule has 4 aliphatic carbocycles. The Bertz CT molecular complexity index is 1490. The summed E-state index contributed by atoms with van der Waals surface area (Å²) in [4.78, 5) is 13.6. The summed E-state index contributed by atoms with van der Waals surface area (Å²) in [5.74, 6) is 8.35. The van der Waals surface area contributed by atoms with Crippen LogP contribution in [0.2, 0.25) is 5.28 Å². The van der Waals surface area contributed by atoms with Gasteiger partial charge in [0.1, 0.15) is 0 Å². The maximum absolute atomic E-state index is 6.35. The Morgan fingerprint density at radius 2 is 1.39 bits per heavy atom. The minimum Gasteiger partial charge on any atom is -0.208 e. The van der Waals surface area contributed by atoms with Crippen LogP contribution < -0.4 is 0 Å². The van der Waals surface area contributed by atoms with Crippen LogP contribution >= 0.6 is 11.6 Å². The highest BCUT2D eigenvalue weighted by atomic mass is 35.5. The zero-order valence-electron chi connectivity index (χ0n) is 29.0. The lowest BCUT2D eigenvalue weighted by Gasteiger charge is -2.61. The number of fused-ring (bicyclic) bond motifs is 5. The topological polar surface area (TPSA) is 38.7 Å². The molecule has 0 radical (unpaired) electrons. The molecule has 3 aromatic rings. The molecule has 4 saturated carbocycles. The quantitative estimate of drug-likeness (QED) is 0.247. The lowest BCUT2D eigenvalue weighted by atomic mass is 9.43. The number of hydrogen-bond donors (Lipinski definition) is 0. The van der Waals surface area contributed by atoms with Gasteiger partial charge in [0.2, 0.25) is 5.28 Å². The molecule has 9 atom stereocenters. The fourth-order valence-corrected chi connectivity index (χ4v) is 11.8. The number of rotatable bonds is 8. The van der Waals surface area contributed by atoms with E-state index in [4.69, 9.17) is 16.6 Å². The van der Waals surface area contributed by atoms with Crippen LogP contribution in [0, 0.1) is 52.3 Å². The van der Waals surface area contributed by atoms with E-state index in [1.54, 1.807) is 0 Å². The lowest BCUT2D eigenvalue weighted by Crippen LogP contribution is -2.53. The van der Waals surface area contributed by atoms with Gasteiger partial charge >= 0.3 is 0 Å². The van der Waals surface area contributed by atoms with Gasteiger partial charge in [-0.15, -0.1) is 0 Å². The van der Waals surface area contributed by atoms with Crippen molar-refractivity contribution in [1.82, 2.24) is 15.0 Å². The van der Waals surface area contributed by atoms with Gasteiger partial charge in [-0.1, -0.05) is 108 Å². The van der Waals surface area contributed by atoms with Crippen LogP contribution in [-0.4, -0.2) is 15.0 Å². The molecule has 0 spiro atoms. The zero-order chi connectivity index (χ0) is 32.1. The largest absolute Gasteiger partial charge is 0.226 e. The molecule has 0 amide bonds. The van der Waals surface area contributed by atoms with Crippen LogP contribution in [0.25, 0.3) is 22.8 Å². The summed E-state index contributed by atoms with van der Waals surface area (Å²) in [5, 5.41) is 0.238. The van der Waals surface area contributed by atoms with Crippen LogP contribution in [0.5, 0.6) is 0 Å². The van der Waals surface area contributed by atoms with Crippen LogP contribution in [0.4, 0.5) is 0 Å². The predicted molar refractivity (Wildman–Crippen MR) is 192 cm³/mol. The van der Waals surface area contributed by atoms with Gasteiger partial charge < -0.3 is 0 Å². The van der Waals surface area contributed by atoms with Gasteiger partial charge in [-0.2, -0.15) is 9.97 Å². The first-order chi connectivity index (χ1) is 22.2. The molecule has 1 heterocycles. The summed E-state index contributed by atoms with van der Waals surface area (Å²) < 4.78 is 0. The molecule has 246 valence electrons. The van der Waals surface area contributed by atoms with Crippen molar-refractivity contribution in [3.63, 3.8) is 0 Å². The Balaban J connectivity index is 1.02. The maximum atomic E-state index is 6.35. The molecule has 0 bridgehead atoms. The molecule has 2 aromatic carbocycles. The van der Waals surface area contributed by atoms with Crippen LogP contribution in [0.3, 0.4) is 0 Å². The molecule has 4 heteroatoms. The smallest absolute Gasteiger partial charge is 0.208 e. The van der Waals surface area contributed by atoms with E-state index in [0.29, 0.717) is 28.4 Å². The first-order valence-corrected chi connectivity index (χ1v) is 19.1. The van der Waals surface area contributed by atoms with Crippen molar-refractivity contribution in [3.05, 3.63) is 65.4 Å². The van der Waals surface area contributed by atoms with Crippen molar-refractivity contribution in [2.24, 2.45) is 52.3 Å². The van der Waals surface area contributed by atoms with Crippen molar-refractivity contribution in [3.8, 4) is 22.8 Å².